The molecule has 0 atom stereocenters. The van der Waals surface area contributed by atoms with Gasteiger partial charge in [0.15, 0.2) is 0 Å². The Morgan fingerprint density at radius 1 is 1.45 bits per heavy atom. The first-order chi connectivity index (χ1) is 9.36. The van der Waals surface area contributed by atoms with E-state index in [-0.39, 0.29) is 31.5 Å². The van der Waals surface area contributed by atoms with Gasteiger partial charge in [-0.1, -0.05) is 13.8 Å². The first-order valence-corrected chi connectivity index (χ1v) is 6.47. The Hall–Kier alpha value is -1.82. The number of hydrogen-bond donors (Lipinski definition) is 1. The molecule has 1 heterocycles. The second-order valence-electron chi connectivity index (χ2n) is 4.89. The van der Waals surface area contributed by atoms with Crippen molar-refractivity contribution in [3.8, 4) is 0 Å². The quantitative estimate of drug-likeness (QED) is 0.826. The fraction of sp³-hybridized carbons (Fsp3) is 0.571. The third-order valence-electron chi connectivity index (χ3n) is 2.91. The number of methoxy groups -OCH3 is 1. The zero-order valence-corrected chi connectivity index (χ0v) is 12.3. The van der Waals surface area contributed by atoms with Crippen LogP contribution in [-0.4, -0.2) is 48.7 Å². The van der Waals surface area contributed by atoms with E-state index in [2.05, 4.69) is 0 Å². The Bertz CT molecular complexity index is 478. The Labute approximate surface area is 118 Å². The topological polar surface area (TPSA) is 80.0 Å². The number of furan rings is 1. The summed E-state index contributed by atoms with van der Waals surface area (Å²) in [6.07, 6.45) is 0. The lowest BCUT2D eigenvalue weighted by Gasteiger charge is -2.19. The normalized spacial score (nSPS) is 10.8. The highest BCUT2D eigenvalue weighted by Gasteiger charge is 2.23. The van der Waals surface area contributed by atoms with Crippen molar-refractivity contribution >= 4 is 11.9 Å². The number of amides is 1. The van der Waals surface area contributed by atoms with Gasteiger partial charge in [-0.05, 0) is 13.0 Å². The standard InChI is InChI=1S/C14H21NO5/c1-9(2)12-7-11(10(3)20-12)14(18)15(5-6-19-4)8-13(16)17/h7,9H,5-6,8H2,1-4H3,(H,16,17). The third-order valence-corrected chi connectivity index (χ3v) is 2.91. The van der Waals surface area contributed by atoms with E-state index >= 15 is 0 Å². The average Bonchev–Trinajstić information content (AvgIpc) is 2.75. The Morgan fingerprint density at radius 2 is 2.10 bits per heavy atom. The van der Waals surface area contributed by atoms with E-state index in [1.807, 2.05) is 13.8 Å². The SMILES string of the molecule is COCCN(CC(=O)O)C(=O)c1cc(C(C)C)oc1C. The van der Waals surface area contributed by atoms with Crippen molar-refractivity contribution in [3.63, 3.8) is 0 Å². The van der Waals surface area contributed by atoms with Crippen molar-refractivity contribution in [1.29, 1.82) is 0 Å². The number of carbonyl (C=O) groups excluding carboxylic acids is 1. The summed E-state index contributed by atoms with van der Waals surface area (Å²) in [5.41, 5.74) is 0.408. The molecule has 1 rings (SSSR count). The molecule has 20 heavy (non-hydrogen) atoms. The molecule has 0 fully saturated rings. The average molecular weight is 283 g/mol. The number of carbonyl (C=O) groups is 2. The van der Waals surface area contributed by atoms with Crippen molar-refractivity contribution in [3.05, 3.63) is 23.2 Å². The van der Waals surface area contributed by atoms with Gasteiger partial charge in [-0.15, -0.1) is 0 Å². The molecule has 0 aromatic carbocycles. The minimum atomic E-state index is -1.06. The van der Waals surface area contributed by atoms with Gasteiger partial charge in [0.2, 0.25) is 0 Å². The van der Waals surface area contributed by atoms with Crippen LogP contribution in [0.25, 0.3) is 0 Å². The minimum Gasteiger partial charge on any atom is -0.480 e. The van der Waals surface area contributed by atoms with E-state index in [0.29, 0.717) is 17.1 Å². The van der Waals surface area contributed by atoms with Gasteiger partial charge in [-0.25, -0.2) is 0 Å². The second kappa shape index (κ2) is 7.09. The molecule has 1 aromatic rings. The number of hydrogen-bond acceptors (Lipinski definition) is 4. The Kier molecular flexibility index (Phi) is 5.76. The predicted octanol–water partition coefficient (Wildman–Crippen LogP) is 1.88. The van der Waals surface area contributed by atoms with Crippen LogP contribution in [0.5, 0.6) is 0 Å². The number of carboxylic acid groups (broad SMARTS) is 1. The molecule has 1 aromatic heterocycles. The molecule has 0 aliphatic rings. The van der Waals surface area contributed by atoms with Gasteiger partial charge in [0.05, 0.1) is 12.2 Å². The highest BCUT2D eigenvalue weighted by atomic mass is 16.5. The van der Waals surface area contributed by atoms with E-state index < -0.39 is 5.97 Å². The van der Waals surface area contributed by atoms with Crippen LogP contribution < -0.4 is 0 Å². The molecule has 112 valence electrons. The van der Waals surface area contributed by atoms with Gasteiger partial charge in [-0.2, -0.15) is 0 Å². The predicted molar refractivity (Wildman–Crippen MR) is 72.9 cm³/mol. The van der Waals surface area contributed by atoms with Gasteiger partial charge in [0, 0.05) is 19.6 Å². The third kappa shape index (κ3) is 4.09. The van der Waals surface area contributed by atoms with Crippen LogP contribution in [0.4, 0.5) is 0 Å². The summed E-state index contributed by atoms with van der Waals surface area (Å²) in [6.45, 7) is 5.79. The largest absolute Gasteiger partial charge is 0.480 e. The lowest BCUT2D eigenvalue weighted by atomic mass is 10.1. The Morgan fingerprint density at radius 3 is 2.55 bits per heavy atom. The number of aryl methyl sites for hydroxylation is 1. The van der Waals surface area contributed by atoms with Crippen LogP contribution in [-0.2, 0) is 9.53 Å². The lowest BCUT2D eigenvalue weighted by Crippen LogP contribution is -2.38. The monoisotopic (exact) mass is 283 g/mol. The maximum atomic E-state index is 12.4. The van der Waals surface area contributed by atoms with E-state index in [4.69, 9.17) is 14.3 Å². The van der Waals surface area contributed by atoms with Gasteiger partial charge in [0.1, 0.15) is 18.1 Å². The maximum Gasteiger partial charge on any atom is 0.323 e. The van der Waals surface area contributed by atoms with Gasteiger partial charge < -0.3 is 19.2 Å². The molecule has 0 unspecified atom stereocenters. The van der Waals surface area contributed by atoms with Crippen LogP contribution in [0.1, 0.15) is 41.6 Å². The lowest BCUT2D eigenvalue weighted by molar-refractivity contribution is -0.137. The number of ether oxygens (including phenoxy) is 1. The molecule has 1 amide bonds. The maximum absolute atomic E-state index is 12.4. The van der Waals surface area contributed by atoms with Gasteiger partial charge in [-0.3, -0.25) is 9.59 Å². The summed E-state index contributed by atoms with van der Waals surface area (Å²) < 4.78 is 10.4. The van der Waals surface area contributed by atoms with E-state index in [0.717, 1.165) is 0 Å². The van der Waals surface area contributed by atoms with E-state index in [1.54, 1.807) is 13.0 Å². The number of nitrogens with zero attached hydrogens (tertiary/aromatic N) is 1. The molecule has 0 aliphatic heterocycles. The summed E-state index contributed by atoms with van der Waals surface area (Å²) in [5, 5.41) is 8.88. The molecule has 0 bridgehead atoms. The zero-order chi connectivity index (χ0) is 15.3. The zero-order valence-electron chi connectivity index (χ0n) is 12.3. The van der Waals surface area contributed by atoms with Gasteiger partial charge in [0.25, 0.3) is 5.91 Å². The fourth-order valence-corrected chi connectivity index (χ4v) is 1.79. The van der Waals surface area contributed by atoms with Crippen molar-refractivity contribution in [2.75, 3.05) is 26.8 Å². The van der Waals surface area contributed by atoms with Crippen LogP contribution in [0, 0.1) is 6.92 Å². The Balaban J connectivity index is 2.95. The minimum absolute atomic E-state index is 0.169. The van der Waals surface area contributed by atoms with Crippen LogP contribution in [0.3, 0.4) is 0 Å². The molecular formula is C14H21NO5. The van der Waals surface area contributed by atoms with Crippen molar-refractivity contribution in [1.82, 2.24) is 4.90 Å². The van der Waals surface area contributed by atoms with Crippen LogP contribution >= 0.6 is 0 Å². The smallest absolute Gasteiger partial charge is 0.323 e. The highest BCUT2D eigenvalue weighted by Crippen LogP contribution is 2.22. The molecule has 6 heteroatoms. The van der Waals surface area contributed by atoms with Crippen molar-refractivity contribution in [2.24, 2.45) is 0 Å². The molecule has 0 aliphatic carbocycles. The van der Waals surface area contributed by atoms with Crippen molar-refractivity contribution in [2.45, 2.75) is 26.7 Å². The van der Waals surface area contributed by atoms with E-state index in [1.165, 1.54) is 12.0 Å². The first kappa shape index (κ1) is 16.2. The van der Waals surface area contributed by atoms with Crippen LogP contribution in [0.2, 0.25) is 0 Å². The van der Waals surface area contributed by atoms with Crippen LogP contribution in [0.15, 0.2) is 10.5 Å². The van der Waals surface area contributed by atoms with E-state index in [9.17, 15) is 9.59 Å². The van der Waals surface area contributed by atoms with Crippen molar-refractivity contribution < 1.29 is 23.8 Å². The summed E-state index contributed by atoms with van der Waals surface area (Å²) in [6, 6.07) is 1.68. The summed E-state index contributed by atoms with van der Waals surface area (Å²) in [4.78, 5) is 24.5. The molecule has 0 radical (unpaired) electrons. The summed E-state index contributed by atoms with van der Waals surface area (Å²) in [5.74, 6) is -0.0150. The molecule has 0 spiro atoms. The number of aliphatic carboxylic acids is 1. The second-order valence-corrected chi connectivity index (χ2v) is 4.89. The first-order valence-electron chi connectivity index (χ1n) is 6.47. The highest BCUT2D eigenvalue weighted by molar-refractivity contribution is 5.96. The number of carboxylic acids is 1. The summed E-state index contributed by atoms with van der Waals surface area (Å²) in [7, 11) is 1.50. The van der Waals surface area contributed by atoms with Gasteiger partial charge >= 0.3 is 5.97 Å². The number of rotatable bonds is 7. The molecule has 0 saturated heterocycles. The fourth-order valence-electron chi connectivity index (χ4n) is 1.79. The molecule has 1 N–H and O–H groups in total. The molecular weight excluding hydrogens is 262 g/mol. The summed E-state index contributed by atoms with van der Waals surface area (Å²) >= 11 is 0. The molecule has 6 nitrogen and oxygen atoms in total. The molecule has 0 saturated carbocycles.